The normalized spacial score (nSPS) is 12.2. The summed E-state index contributed by atoms with van der Waals surface area (Å²) in [7, 11) is 1.57. The highest BCUT2D eigenvalue weighted by Crippen LogP contribution is 2.35. The molecule has 1 nitrogen and oxygen atoms in total. The van der Waals surface area contributed by atoms with Crippen LogP contribution in [0.25, 0.3) is 0 Å². The van der Waals surface area contributed by atoms with Crippen LogP contribution in [0.15, 0.2) is 42.5 Å². The van der Waals surface area contributed by atoms with E-state index in [1.54, 1.807) is 37.4 Å². The van der Waals surface area contributed by atoms with Gasteiger partial charge in [-0.1, -0.05) is 29.8 Å². The summed E-state index contributed by atoms with van der Waals surface area (Å²) in [4.78, 5) is 0. The van der Waals surface area contributed by atoms with Crippen LogP contribution < -0.4 is 4.74 Å². The second-order valence-electron chi connectivity index (χ2n) is 3.81. The second-order valence-corrected chi connectivity index (χ2v) is 4.65. The van der Waals surface area contributed by atoms with Gasteiger partial charge in [0, 0.05) is 5.02 Å². The smallest absolute Gasteiger partial charge is 0.123 e. The van der Waals surface area contributed by atoms with Gasteiger partial charge in [-0.2, -0.15) is 0 Å². The number of rotatable bonds is 3. The van der Waals surface area contributed by atoms with E-state index < -0.39 is 5.38 Å². The zero-order chi connectivity index (χ0) is 13.1. The zero-order valence-electron chi connectivity index (χ0n) is 9.66. The number of benzene rings is 2. The number of hydrogen-bond acceptors (Lipinski definition) is 1. The van der Waals surface area contributed by atoms with Crippen molar-refractivity contribution < 1.29 is 9.13 Å². The van der Waals surface area contributed by atoms with Gasteiger partial charge in [-0.15, -0.1) is 11.6 Å². The topological polar surface area (TPSA) is 9.23 Å². The summed E-state index contributed by atoms with van der Waals surface area (Å²) >= 11 is 12.4. The van der Waals surface area contributed by atoms with Gasteiger partial charge in [0.05, 0.1) is 12.5 Å². The lowest BCUT2D eigenvalue weighted by Crippen LogP contribution is -1.95. The van der Waals surface area contributed by atoms with Crippen molar-refractivity contribution in [3.05, 3.63) is 64.4 Å². The Morgan fingerprint density at radius 2 is 1.94 bits per heavy atom. The minimum absolute atomic E-state index is 0.317. The first-order valence-electron chi connectivity index (χ1n) is 5.35. The first-order chi connectivity index (χ1) is 8.61. The SMILES string of the molecule is COc1ccc(C(Cl)c2cccc(F)c2)c(Cl)c1. The Labute approximate surface area is 115 Å². The molecule has 0 saturated carbocycles. The van der Waals surface area contributed by atoms with Gasteiger partial charge in [-0.25, -0.2) is 4.39 Å². The van der Waals surface area contributed by atoms with Gasteiger partial charge in [-0.3, -0.25) is 0 Å². The molecule has 0 bridgehead atoms. The molecule has 0 aromatic heterocycles. The van der Waals surface area contributed by atoms with E-state index in [-0.39, 0.29) is 5.82 Å². The van der Waals surface area contributed by atoms with Crippen LogP contribution in [-0.4, -0.2) is 7.11 Å². The lowest BCUT2D eigenvalue weighted by molar-refractivity contribution is 0.414. The minimum atomic E-state index is -0.487. The lowest BCUT2D eigenvalue weighted by atomic mass is 10.0. The van der Waals surface area contributed by atoms with Gasteiger partial charge in [0.2, 0.25) is 0 Å². The standard InChI is InChI=1S/C14H11Cl2FO/c1-18-11-5-6-12(13(15)8-11)14(16)9-3-2-4-10(17)7-9/h2-8,14H,1H3. The van der Waals surface area contributed by atoms with Crippen LogP contribution in [0.1, 0.15) is 16.5 Å². The fraction of sp³-hybridized carbons (Fsp3) is 0.143. The van der Waals surface area contributed by atoms with Crippen molar-refractivity contribution in [1.82, 2.24) is 0 Å². The molecule has 2 rings (SSSR count). The highest BCUT2D eigenvalue weighted by atomic mass is 35.5. The van der Waals surface area contributed by atoms with Crippen molar-refractivity contribution >= 4 is 23.2 Å². The summed E-state index contributed by atoms with van der Waals surface area (Å²) in [5, 5.41) is 0.0118. The van der Waals surface area contributed by atoms with E-state index in [1.165, 1.54) is 12.1 Å². The van der Waals surface area contributed by atoms with E-state index in [2.05, 4.69) is 0 Å². The first kappa shape index (κ1) is 13.2. The van der Waals surface area contributed by atoms with Crippen molar-refractivity contribution in [1.29, 1.82) is 0 Å². The fourth-order valence-electron chi connectivity index (χ4n) is 1.68. The summed E-state index contributed by atoms with van der Waals surface area (Å²) in [6.45, 7) is 0. The third kappa shape index (κ3) is 2.77. The molecule has 0 heterocycles. The molecule has 18 heavy (non-hydrogen) atoms. The lowest BCUT2D eigenvalue weighted by Gasteiger charge is -2.13. The van der Waals surface area contributed by atoms with Gasteiger partial charge in [0.25, 0.3) is 0 Å². The molecule has 0 spiro atoms. The Morgan fingerprint density at radius 3 is 2.56 bits per heavy atom. The summed E-state index contributed by atoms with van der Waals surface area (Å²) < 4.78 is 18.2. The molecule has 0 aliphatic carbocycles. The Hall–Kier alpha value is -1.25. The summed E-state index contributed by atoms with van der Waals surface area (Å²) in [5.41, 5.74) is 1.40. The molecule has 2 aromatic carbocycles. The molecule has 0 N–H and O–H groups in total. The summed E-state index contributed by atoms with van der Waals surface area (Å²) in [5.74, 6) is 0.342. The molecule has 0 radical (unpaired) electrons. The quantitative estimate of drug-likeness (QED) is 0.735. The van der Waals surface area contributed by atoms with Crippen molar-refractivity contribution in [2.75, 3.05) is 7.11 Å². The number of alkyl halides is 1. The predicted molar refractivity (Wildman–Crippen MR) is 72.1 cm³/mol. The van der Waals surface area contributed by atoms with E-state index in [9.17, 15) is 4.39 Å². The third-order valence-corrected chi connectivity index (χ3v) is 3.44. The second kappa shape index (κ2) is 5.59. The van der Waals surface area contributed by atoms with Gasteiger partial charge < -0.3 is 4.74 Å². The molecular weight excluding hydrogens is 274 g/mol. The zero-order valence-corrected chi connectivity index (χ0v) is 11.2. The first-order valence-corrected chi connectivity index (χ1v) is 6.16. The minimum Gasteiger partial charge on any atom is -0.497 e. The van der Waals surface area contributed by atoms with Gasteiger partial charge in [0.1, 0.15) is 11.6 Å². The van der Waals surface area contributed by atoms with Crippen LogP contribution in [0.5, 0.6) is 5.75 Å². The average molecular weight is 285 g/mol. The number of ether oxygens (including phenoxy) is 1. The molecule has 2 aromatic rings. The largest absolute Gasteiger partial charge is 0.497 e. The van der Waals surface area contributed by atoms with Crippen molar-refractivity contribution in [3.63, 3.8) is 0 Å². The molecule has 1 atom stereocenters. The Bertz CT molecular complexity index is 557. The Morgan fingerprint density at radius 1 is 1.17 bits per heavy atom. The molecule has 4 heteroatoms. The Balaban J connectivity index is 2.37. The van der Waals surface area contributed by atoms with Crippen LogP contribution in [0.2, 0.25) is 5.02 Å². The maximum Gasteiger partial charge on any atom is 0.123 e. The van der Waals surface area contributed by atoms with Crippen LogP contribution in [0.3, 0.4) is 0 Å². The van der Waals surface area contributed by atoms with Gasteiger partial charge in [0.15, 0.2) is 0 Å². The average Bonchev–Trinajstić information content (AvgIpc) is 2.37. The predicted octanol–water partition coefficient (Wildman–Crippen LogP) is 4.82. The van der Waals surface area contributed by atoms with Crippen LogP contribution in [0, 0.1) is 5.82 Å². The maximum atomic E-state index is 13.2. The number of halogens is 3. The van der Waals surface area contributed by atoms with Crippen LogP contribution in [0.4, 0.5) is 4.39 Å². The van der Waals surface area contributed by atoms with Crippen molar-refractivity contribution in [2.24, 2.45) is 0 Å². The third-order valence-electron chi connectivity index (χ3n) is 2.62. The fourth-order valence-corrected chi connectivity index (χ4v) is 2.35. The summed E-state index contributed by atoms with van der Waals surface area (Å²) in [6, 6.07) is 11.4. The molecule has 0 amide bonds. The summed E-state index contributed by atoms with van der Waals surface area (Å²) in [6.07, 6.45) is 0. The highest BCUT2D eigenvalue weighted by molar-refractivity contribution is 6.33. The highest BCUT2D eigenvalue weighted by Gasteiger charge is 2.15. The van der Waals surface area contributed by atoms with E-state index in [0.717, 1.165) is 5.56 Å². The van der Waals surface area contributed by atoms with Crippen molar-refractivity contribution in [3.8, 4) is 5.75 Å². The van der Waals surface area contributed by atoms with Gasteiger partial charge >= 0.3 is 0 Å². The molecular formula is C14H11Cl2FO. The molecule has 1 unspecified atom stereocenters. The Kier molecular flexibility index (Phi) is 4.10. The monoisotopic (exact) mass is 284 g/mol. The van der Waals surface area contributed by atoms with Gasteiger partial charge in [-0.05, 0) is 35.4 Å². The van der Waals surface area contributed by atoms with Crippen molar-refractivity contribution in [2.45, 2.75) is 5.38 Å². The van der Waals surface area contributed by atoms with E-state index in [0.29, 0.717) is 16.3 Å². The molecule has 0 fully saturated rings. The van der Waals surface area contributed by atoms with E-state index >= 15 is 0 Å². The molecule has 94 valence electrons. The molecule has 0 aliphatic heterocycles. The molecule has 0 aliphatic rings. The van der Waals surface area contributed by atoms with Crippen LogP contribution in [-0.2, 0) is 0 Å². The number of methoxy groups -OCH3 is 1. The van der Waals surface area contributed by atoms with Crippen LogP contribution >= 0.6 is 23.2 Å². The van der Waals surface area contributed by atoms with E-state index in [1.807, 2.05) is 0 Å². The maximum absolute atomic E-state index is 13.2. The van der Waals surface area contributed by atoms with E-state index in [4.69, 9.17) is 27.9 Å². The number of hydrogen-bond donors (Lipinski definition) is 0. The molecule has 0 saturated heterocycles.